The van der Waals surface area contributed by atoms with Gasteiger partial charge in [-0.15, -0.1) is 35.3 Å². The third-order valence-corrected chi connectivity index (χ3v) is 4.95. The third-order valence-electron chi connectivity index (χ3n) is 3.75. The van der Waals surface area contributed by atoms with E-state index in [1.807, 2.05) is 6.20 Å². The number of nitrogens with one attached hydrogen (secondary N) is 2. The fraction of sp³-hybridized carbons (Fsp3) is 0.474. The minimum Gasteiger partial charge on any atom is -0.494 e. The first-order valence-corrected chi connectivity index (χ1v) is 9.79. The number of guanidine groups is 1. The Morgan fingerprint density at radius 3 is 2.59 bits per heavy atom. The SMILES string of the molecule is CCc1cnc(CCNC(=NC)NCCCCOc2ccc(F)cc2)s1.I. The molecule has 0 aliphatic heterocycles. The number of hydrogen-bond acceptors (Lipinski definition) is 4. The standard InChI is InChI=1S/C19H27FN4OS.HI/c1-3-17-14-24-18(26-17)10-12-23-19(21-2)22-11-4-5-13-25-16-8-6-15(20)7-9-16;/h6-9,14H,3-5,10-13H2,1-2H3,(H2,21,22,23);1H. The van der Waals surface area contributed by atoms with Crippen molar-refractivity contribution in [3.05, 3.63) is 46.2 Å². The zero-order valence-corrected chi connectivity index (χ0v) is 19.0. The number of rotatable bonds is 10. The summed E-state index contributed by atoms with van der Waals surface area (Å²) in [5.74, 6) is 1.25. The van der Waals surface area contributed by atoms with Crippen LogP contribution in [0.5, 0.6) is 5.75 Å². The Morgan fingerprint density at radius 1 is 1.19 bits per heavy atom. The molecule has 2 N–H and O–H groups in total. The molecule has 0 aliphatic rings. The molecule has 0 unspecified atom stereocenters. The minimum atomic E-state index is -0.249. The molecule has 1 aromatic carbocycles. The lowest BCUT2D eigenvalue weighted by molar-refractivity contribution is 0.306. The predicted octanol–water partition coefficient (Wildman–Crippen LogP) is 4.03. The van der Waals surface area contributed by atoms with Crippen molar-refractivity contribution in [2.75, 3.05) is 26.7 Å². The van der Waals surface area contributed by atoms with Gasteiger partial charge in [0.1, 0.15) is 11.6 Å². The van der Waals surface area contributed by atoms with Crippen molar-refractivity contribution >= 4 is 41.3 Å². The van der Waals surface area contributed by atoms with Crippen molar-refractivity contribution in [2.24, 2.45) is 4.99 Å². The molecular weight excluding hydrogens is 478 g/mol. The number of aliphatic imine (C=N–C) groups is 1. The Bertz CT molecular complexity index is 679. The molecule has 27 heavy (non-hydrogen) atoms. The van der Waals surface area contributed by atoms with E-state index in [9.17, 15) is 4.39 Å². The van der Waals surface area contributed by atoms with E-state index in [1.165, 1.54) is 17.0 Å². The molecule has 8 heteroatoms. The van der Waals surface area contributed by atoms with Crippen molar-refractivity contribution in [1.82, 2.24) is 15.6 Å². The van der Waals surface area contributed by atoms with Crippen molar-refractivity contribution in [3.63, 3.8) is 0 Å². The molecule has 2 aromatic rings. The average molecular weight is 506 g/mol. The highest BCUT2D eigenvalue weighted by Gasteiger charge is 2.02. The van der Waals surface area contributed by atoms with Gasteiger partial charge in [-0.2, -0.15) is 0 Å². The van der Waals surface area contributed by atoms with Crippen LogP contribution >= 0.6 is 35.3 Å². The highest BCUT2D eigenvalue weighted by molar-refractivity contribution is 14.0. The summed E-state index contributed by atoms with van der Waals surface area (Å²) < 4.78 is 18.4. The third kappa shape index (κ3) is 9.37. The normalized spacial score (nSPS) is 11.0. The number of halogens is 2. The number of ether oxygens (including phenoxy) is 1. The first kappa shape index (κ1) is 23.6. The molecule has 2 rings (SSSR count). The number of nitrogens with zero attached hydrogens (tertiary/aromatic N) is 2. The molecule has 150 valence electrons. The maximum absolute atomic E-state index is 12.8. The lowest BCUT2D eigenvalue weighted by Crippen LogP contribution is -2.38. The minimum absolute atomic E-state index is 0. The summed E-state index contributed by atoms with van der Waals surface area (Å²) in [7, 11) is 1.77. The van der Waals surface area contributed by atoms with Crippen LogP contribution in [0.4, 0.5) is 4.39 Å². The van der Waals surface area contributed by atoms with E-state index < -0.39 is 0 Å². The molecule has 5 nitrogen and oxygen atoms in total. The lowest BCUT2D eigenvalue weighted by atomic mass is 10.3. The molecule has 0 spiro atoms. The van der Waals surface area contributed by atoms with Gasteiger partial charge in [0.25, 0.3) is 0 Å². The zero-order chi connectivity index (χ0) is 18.6. The van der Waals surface area contributed by atoms with Gasteiger partial charge in [0.05, 0.1) is 11.6 Å². The van der Waals surface area contributed by atoms with Crippen molar-refractivity contribution < 1.29 is 9.13 Å². The average Bonchev–Trinajstić information content (AvgIpc) is 3.12. The molecule has 0 radical (unpaired) electrons. The van der Waals surface area contributed by atoms with E-state index in [0.717, 1.165) is 49.7 Å². The Labute approximate surface area is 181 Å². The maximum atomic E-state index is 12.8. The van der Waals surface area contributed by atoms with E-state index in [4.69, 9.17) is 4.74 Å². The molecule has 0 saturated carbocycles. The van der Waals surface area contributed by atoms with Gasteiger partial charge in [-0.05, 0) is 43.5 Å². The van der Waals surface area contributed by atoms with Crippen molar-refractivity contribution in [2.45, 2.75) is 32.6 Å². The van der Waals surface area contributed by atoms with E-state index in [-0.39, 0.29) is 29.8 Å². The second kappa shape index (κ2) is 13.7. The quantitative estimate of drug-likeness (QED) is 0.221. The van der Waals surface area contributed by atoms with Crippen LogP contribution in [0.15, 0.2) is 35.5 Å². The number of hydrogen-bond donors (Lipinski definition) is 2. The summed E-state index contributed by atoms with van der Waals surface area (Å²) in [6.45, 7) is 4.39. The van der Waals surface area contributed by atoms with Crippen LogP contribution in [0.1, 0.15) is 29.7 Å². The van der Waals surface area contributed by atoms with Gasteiger partial charge in [-0.1, -0.05) is 6.92 Å². The Balaban J connectivity index is 0.00000364. The molecular formula is C19H28FIN4OS. The smallest absolute Gasteiger partial charge is 0.190 e. The van der Waals surface area contributed by atoms with Crippen LogP contribution in [-0.2, 0) is 12.8 Å². The van der Waals surface area contributed by atoms with Gasteiger partial charge in [-0.3, -0.25) is 4.99 Å². The molecule has 0 amide bonds. The summed E-state index contributed by atoms with van der Waals surface area (Å²) in [5.41, 5.74) is 0. The zero-order valence-electron chi connectivity index (χ0n) is 15.8. The number of aromatic nitrogens is 1. The van der Waals surface area contributed by atoms with Crippen molar-refractivity contribution in [3.8, 4) is 5.75 Å². The molecule has 0 saturated heterocycles. The second-order valence-electron chi connectivity index (χ2n) is 5.76. The highest BCUT2D eigenvalue weighted by Crippen LogP contribution is 2.13. The van der Waals surface area contributed by atoms with Gasteiger partial charge in [0.2, 0.25) is 0 Å². The van der Waals surface area contributed by atoms with Crippen LogP contribution in [0.3, 0.4) is 0 Å². The highest BCUT2D eigenvalue weighted by atomic mass is 127. The van der Waals surface area contributed by atoms with E-state index >= 15 is 0 Å². The molecule has 0 fully saturated rings. The summed E-state index contributed by atoms with van der Waals surface area (Å²) in [4.78, 5) is 9.97. The Kier molecular flexibility index (Phi) is 12.0. The van der Waals surface area contributed by atoms with E-state index in [0.29, 0.717) is 12.4 Å². The molecule has 0 atom stereocenters. The van der Waals surface area contributed by atoms with Crippen LogP contribution in [0, 0.1) is 5.82 Å². The first-order valence-electron chi connectivity index (χ1n) is 8.97. The van der Waals surface area contributed by atoms with Gasteiger partial charge in [-0.25, -0.2) is 9.37 Å². The molecule has 0 aliphatic carbocycles. The van der Waals surface area contributed by atoms with Crippen LogP contribution in [0.2, 0.25) is 0 Å². The summed E-state index contributed by atoms with van der Waals surface area (Å²) >= 11 is 1.77. The van der Waals surface area contributed by atoms with E-state index in [2.05, 4.69) is 27.5 Å². The Hall–Kier alpha value is -1.42. The number of thiazole rings is 1. The summed E-state index contributed by atoms with van der Waals surface area (Å²) in [6.07, 6.45) is 5.78. The number of benzene rings is 1. The second-order valence-corrected chi connectivity index (χ2v) is 6.96. The number of unbranched alkanes of at least 4 members (excludes halogenated alkanes) is 1. The largest absolute Gasteiger partial charge is 0.494 e. The van der Waals surface area contributed by atoms with Gasteiger partial charge in [0, 0.05) is 37.6 Å². The fourth-order valence-electron chi connectivity index (χ4n) is 2.29. The fourth-order valence-corrected chi connectivity index (χ4v) is 3.15. The molecule has 1 heterocycles. The van der Waals surface area contributed by atoms with Gasteiger partial charge < -0.3 is 15.4 Å². The van der Waals surface area contributed by atoms with Gasteiger partial charge in [0.15, 0.2) is 5.96 Å². The summed E-state index contributed by atoms with van der Waals surface area (Å²) in [5, 5.41) is 7.76. The van der Waals surface area contributed by atoms with Gasteiger partial charge >= 0.3 is 0 Å². The molecule has 0 bridgehead atoms. The monoisotopic (exact) mass is 506 g/mol. The first-order chi connectivity index (χ1) is 12.7. The predicted molar refractivity (Wildman–Crippen MR) is 121 cm³/mol. The number of aryl methyl sites for hydroxylation is 1. The van der Waals surface area contributed by atoms with E-state index in [1.54, 1.807) is 30.5 Å². The molecule has 1 aromatic heterocycles. The van der Waals surface area contributed by atoms with Crippen LogP contribution in [0.25, 0.3) is 0 Å². The lowest BCUT2D eigenvalue weighted by Gasteiger charge is -2.11. The Morgan fingerprint density at radius 2 is 1.93 bits per heavy atom. The topological polar surface area (TPSA) is 58.5 Å². The van der Waals surface area contributed by atoms with Crippen LogP contribution in [-0.4, -0.2) is 37.7 Å². The van der Waals surface area contributed by atoms with Crippen LogP contribution < -0.4 is 15.4 Å². The summed E-state index contributed by atoms with van der Waals surface area (Å²) in [6, 6.07) is 6.10. The van der Waals surface area contributed by atoms with Crippen molar-refractivity contribution in [1.29, 1.82) is 0 Å². The maximum Gasteiger partial charge on any atom is 0.190 e.